The second-order valence-electron chi connectivity index (χ2n) is 6.55. The number of piperidine rings is 1. The van der Waals surface area contributed by atoms with Crippen LogP contribution in [0.2, 0.25) is 0 Å². The van der Waals surface area contributed by atoms with E-state index in [1.807, 2.05) is 24.3 Å². The number of hydrogen-bond acceptors (Lipinski definition) is 7. The molecule has 2 heterocycles. The number of rotatable bonds is 8. The average Bonchev–Trinajstić information content (AvgIpc) is 3.12. The highest BCUT2D eigenvalue weighted by Crippen LogP contribution is 2.24. The van der Waals surface area contributed by atoms with Crippen molar-refractivity contribution in [1.82, 2.24) is 30.4 Å². The fourth-order valence-corrected chi connectivity index (χ4v) is 3.83. The van der Waals surface area contributed by atoms with Gasteiger partial charge >= 0.3 is 0 Å². The minimum Gasteiger partial charge on any atom is -0.496 e. The van der Waals surface area contributed by atoms with Gasteiger partial charge < -0.3 is 15.0 Å². The molecule has 0 spiro atoms. The average molecular weight is 404 g/mol. The fourth-order valence-electron chi connectivity index (χ4n) is 3.13. The Morgan fingerprint density at radius 2 is 2.21 bits per heavy atom. The van der Waals surface area contributed by atoms with E-state index in [4.69, 9.17) is 4.74 Å². The van der Waals surface area contributed by atoms with E-state index < -0.39 is 0 Å². The molecule has 0 radical (unpaired) electrons. The van der Waals surface area contributed by atoms with Crippen LogP contribution >= 0.6 is 11.8 Å². The van der Waals surface area contributed by atoms with E-state index in [0.29, 0.717) is 43.4 Å². The van der Waals surface area contributed by atoms with E-state index in [9.17, 15) is 9.59 Å². The van der Waals surface area contributed by atoms with Crippen LogP contribution in [0, 0.1) is 5.92 Å². The molecule has 3 rings (SSSR count). The quantitative estimate of drug-likeness (QED) is 0.514. The van der Waals surface area contributed by atoms with E-state index in [-0.39, 0.29) is 17.7 Å². The lowest BCUT2D eigenvalue weighted by Crippen LogP contribution is -2.45. The monoisotopic (exact) mass is 404 g/mol. The van der Waals surface area contributed by atoms with Crippen molar-refractivity contribution in [2.75, 3.05) is 26.0 Å². The van der Waals surface area contributed by atoms with Crippen LogP contribution in [0.15, 0.2) is 29.4 Å². The molecule has 150 valence electrons. The standard InChI is InChI=1S/C18H24N6O3S/c1-23-18(20-21-22-23)28-10-9-19-17(26)14-7-8-16(25)24(12-14)11-13-5-3-4-6-15(13)27-2/h3-6,14H,7-12H2,1-2H3,(H,19,26)/t14-/m0/s1. The number of aryl methyl sites for hydroxylation is 1. The first kappa shape index (κ1) is 20.1. The Balaban J connectivity index is 1.49. The van der Waals surface area contributed by atoms with E-state index in [1.54, 1.807) is 23.7 Å². The topological polar surface area (TPSA) is 102 Å². The summed E-state index contributed by atoms with van der Waals surface area (Å²) in [4.78, 5) is 26.6. The molecule has 28 heavy (non-hydrogen) atoms. The minimum atomic E-state index is -0.200. The maximum absolute atomic E-state index is 12.5. The number of thioether (sulfide) groups is 1. The Hall–Kier alpha value is -2.62. The number of nitrogens with one attached hydrogen (secondary N) is 1. The molecule has 0 bridgehead atoms. The van der Waals surface area contributed by atoms with Gasteiger partial charge in [0.2, 0.25) is 17.0 Å². The number of likely N-dealkylation sites (tertiary alicyclic amines) is 1. The summed E-state index contributed by atoms with van der Waals surface area (Å²) in [6.07, 6.45) is 0.958. The lowest BCUT2D eigenvalue weighted by molar-refractivity contribution is -0.138. The molecule has 1 aromatic heterocycles. The Morgan fingerprint density at radius 1 is 1.39 bits per heavy atom. The van der Waals surface area contributed by atoms with Gasteiger partial charge in [0, 0.05) is 44.4 Å². The molecule has 1 fully saturated rings. The van der Waals surface area contributed by atoms with Gasteiger partial charge in [0.25, 0.3) is 0 Å². The number of hydrogen-bond donors (Lipinski definition) is 1. The smallest absolute Gasteiger partial charge is 0.224 e. The van der Waals surface area contributed by atoms with Crippen LogP contribution in [0.1, 0.15) is 18.4 Å². The molecule has 0 aliphatic carbocycles. The molecule has 9 nitrogen and oxygen atoms in total. The molecule has 1 aliphatic heterocycles. The number of para-hydroxylation sites is 1. The second kappa shape index (κ2) is 9.54. The largest absolute Gasteiger partial charge is 0.496 e. The fraction of sp³-hybridized carbons (Fsp3) is 0.500. The van der Waals surface area contributed by atoms with Crippen molar-refractivity contribution in [3.05, 3.63) is 29.8 Å². The predicted molar refractivity (Wildman–Crippen MR) is 104 cm³/mol. The lowest BCUT2D eigenvalue weighted by atomic mass is 9.96. The number of tetrazole rings is 1. The molecule has 2 amide bonds. The van der Waals surface area contributed by atoms with Gasteiger partial charge in [-0.25, -0.2) is 4.68 Å². The van der Waals surface area contributed by atoms with Crippen LogP contribution in [0.5, 0.6) is 5.75 Å². The van der Waals surface area contributed by atoms with Crippen LogP contribution in [0.3, 0.4) is 0 Å². The normalized spacial score (nSPS) is 16.9. The summed E-state index contributed by atoms with van der Waals surface area (Å²) >= 11 is 1.48. The summed E-state index contributed by atoms with van der Waals surface area (Å²) in [6, 6.07) is 7.62. The van der Waals surface area contributed by atoms with Crippen LogP contribution < -0.4 is 10.1 Å². The van der Waals surface area contributed by atoms with Crippen molar-refractivity contribution in [2.24, 2.45) is 13.0 Å². The maximum atomic E-state index is 12.5. The summed E-state index contributed by atoms with van der Waals surface area (Å²) in [5.41, 5.74) is 0.938. The Morgan fingerprint density at radius 3 is 2.96 bits per heavy atom. The van der Waals surface area contributed by atoms with Crippen molar-refractivity contribution in [3.8, 4) is 5.75 Å². The molecule has 1 saturated heterocycles. The molecule has 0 saturated carbocycles. The number of nitrogens with zero attached hydrogens (tertiary/aromatic N) is 5. The Bertz CT molecular complexity index is 827. The van der Waals surface area contributed by atoms with Crippen LogP contribution in [-0.2, 0) is 23.2 Å². The van der Waals surface area contributed by atoms with Crippen molar-refractivity contribution in [1.29, 1.82) is 0 Å². The van der Waals surface area contributed by atoms with E-state index in [2.05, 4.69) is 20.8 Å². The van der Waals surface area contributed by atoms with Crippen molar-refractivity contribution < 1.29 is 14.3 Å². The number of amides is 2. The molecule has 0 unspecified atom stereocenters. The van der Waals surface area contributed by atoms with Crippen LogP contribution in [-0.4, -0.2) is 62.9 Å². The van der Waals surface area contributed by atoms with Gasteiger partial charge in [-0.05, 0) is 22.9 Å². The molecule has 1 N–H and O–H groups in total. The zero-order valence-corrected chi connectivity index (χ0v) is 16.8. The van der Waals surface area contributed by atoms with E-state index in [0.717, 1.165) is 11.3 Å². The van der Waals surface area contributed by atoms with Gasteiger partial charge in [-0.3, -0.25) is 9.59 Å². The highest BCUT2D eigenvalue weighted by molar-refractivity contribution is 7.99. The predicted octanol–water partition coefficient (Wildman–Crippen LogP) is 0.866. The summed E-state index contributed by atoms with van der Waals surface area (Å²) in [5.74, 6) is 1.27. The third-order valence-electron chi connectivity index (χ3n) is 4.64. The zero-order valence-electron chi connectivity index (χ0n) is 16.0. The maximum Gasteiger partial charge on any atom is 0.224 e. The molecule has 1 aromatic carbocycles. The van der Waals surface area contributed by atoms with Crippen LogP contribution in [0.4, 0.5) is 0 Å². The lowest BCUT2D eigenvalue weighted by Gasteiger charge is -2.32. The highest BCUT2D eigenvalue weighted by Gasteiger charge is 2.30. The van der Waals surface area contributed by atoms with Gasteiger partial charge in [0.1, 0.15) is 5.75 Å². The SMILES string of the molecule is COc1ccccc1CN1C[C@@H](C(=O)NCCSc2nnnn2C)CCC1=O. The number of carbonyl (C=O) groups is 2. The first-order valence-corrected chi connectivity index (χ1v) is 10.1. The number of benzene rings is 1. The first-order chi connectivity index (χ1) is 13.6. The van der Waals surface area contributed by atoms with Gasteiger partial charge in [-0.2, -0.15) is 0 Å². The first-order valence-electron chi connectivity index (χ1n) is 9.11. The summed E-state index contributed by atoms with van der Waals surface area (Å²) < 4.78 is 6.96. The number of aromatic nitrogens is 4. The number of carbonyl (C=O) groups excluding carboxylic acids is 2. The number of methoxy groups -OCH3 is 1. The molecular formula is C18H24N6O3S. The van der Waals surface area contributed by atoms with Gasteiger partial charge in [0.05, 0.1) is 13.0 Å². The van der Waals surface area contributed by atoms with Crippen molar-refractivity contribution >= 4 is 23.6 Å². The third-order valence-corrected chi connectivity index (χ3v) is 5.65. The zero-order chi connectivity index (χ0) is 19.9. The summed E-state index contributed by atoms with van der Waals surface area (Å²) in [7, 11) is 3.39. The molecule has 10 heteroatoms. The Labute approximate surface area is 167 Å². The van der Waals surface area contributed by atoms with Gasteiger partial charge in [-0.1, -0.05) is 30.0 Å². The van der Waals surface area contributed by atoms with Crippen molar-refractivity contribution in [3.63, 3.8) is 0 Å². The van der Waals surface area contributed by atoms with Crippen molar-refractivity contribution in [2.45, 2.75) is 24.5 Å². The summed E-state index contributed by atoms with van der Waals surface area (Å²) in [6.45, 7) is 1.39. The van der Waals surface area contributed by atoms with Crippen LogP contribution in [0.25, 0.3) is 0 Å². The van der Waals surface area contributed by atoms with Gasteiger partial charge in [0.15, 0.2) is 0 Å². The second-order valence-corrected chi connectivity index (χ2v) is 7.61. The van der Waals surface area contributed by atoms with E-state index in [1.165, 1.54) is 11.8 Å². The highest BCUT2D eigenvalue weighted by atomic mass is 32.2. The molecule has 1 aliphatic rings. The minimum absolute atomic E-state index is 0.0192. The molecule has 1 atom stereocenters. The molecule has 2 aromatic rings. The van der Waals surface area contributed by atoms with Gasteiger partial charge in [-0.15, -0.1) is 5.10 Å². The summed E-state index contributed by atoms with van der Waals surface area (Å²) in [5, 5.41) is 14.9. The number of ether oxygens (including phenoxy) is 1. The molecular weight excluding hydrogens is 380 g/mol. The Kier molecular flexibility index (Phi) is 6.85. The van der Waals surface area contributed by atoms with E-state index >= 15 is 0 Å². The third kappa shape index (κ3) is 5.00.